The Morgan fingerprint density at radius 1 is 1.30 bits per heavy atom. The Kier molecular flexibility index (Phi) is 3.67. The standard InChI is InChI=1S/C15H22FN3O/c1-20-15(13(17)6-16)9-2-4-10(5-3-9)19-7-11-12(8-19)14(11)18/h2-5,11-15H,6-8,17-18H2,1H3/t11-,12+,13-,14+,15-/m1/s1. The summed E-state index contributed by atoms with van der Waals surface area (Å²) in [5, 5.41) is 0. The fraction of sp³-hybridized carbons (Fsp3) is 0.600. The van der Waals surface area contributed by atoms with Gasteiger partial charge in [0.25, 0.3) is 0 Å². The molecular formula is C15H22FN3O. The van der Waals surface area contributed by atoms with Crippen LogP contribution in [0.2, 0.25) is 0 Å². The smallest absolute Gasteiger partial charge is 0.107 e. The minimum atomic E-state index is -0.622. The fourth-order valence-electron chi connectivity index (χ4n) is 3.30. The molecule has 1 aromatic rings. The van der Waals surface area contributed by atoms with E-state index in [1.54, 1.807) is 7.11 Å². The molecule has 1 aromatic carbocycles. The highest BCUT2D eigenvalue weighted by Crippen LogP contribution is 2.45. The number of methoxy groups -OCH3 is 1. The largest absolute Gasteiger partial charge is 0.375 e. The Morgan fingerprint density at radius 2 is 1.90 bits per heavy atom. The number of halogens is 1. The second-order valence-corrected chi connectivity index (χ2v) is 5.88. The van der Waals surface area contributed by atoms with E-state index >= 15 is 0 Å². The van der Waals surface area contributed by atoms with Crippen molar-refractivity contribution in [3.8, 4) is 0 Å². The topological polar surface area (TPSA) is 64.5 Å². The van der Waals surface area contributed by atoms with Crippen molar-refractivity contribution in [3.05, 3.63) is 29.8 Å². The summed E-state index contributed by atoms with van der Waals surface area (Å²) in [7, 11) is 1.56. The minimum Gasteiger partial charge on any atom is -0.375 e. The number of hydrogen-bond donors (Lipinski definition) is 2. The number of alkyl halides is 1. The number of nitrogens with zero attached hydrogens (tertiary/aromatic N) is 1. The van der Waals surface area contributed by atoms with Gasteiger partial charge in [-0.15, -0.1) is 0 Å². The molecule has 4 nitrogen and oxygen atoms in total. The monoisotopic (exact) mass is 279 g/mol. The van der Waals surface area contributed by atoms with Crippen LogP contribution in [0, 0.1) is 11.8 Å². The SMILES string of the molecule is CO[C@H](c1ccc(N2C[C@@H]3[C@@H](N)[C@@H]3C2)cc1)[C@H](N)CF. The first-order valence-corrected chi connectivity index (χ1v) is 7.10. The number of anilines is 1. The lowest BCUT2D eigenvalue weighted by Gasteiger charge is -2.24. The van der Waals surface area contributed by atoms with Crippen LogP contribution in [0.5, 0.6) is 0 Å². The molecule has 4 N–H and O–H groups in total. The molecule has 0 aromatic heterocycles. The number of fused-ring (bicyclic) bond motifs is 1. The zero-order valence-corrected chi connectivity index (χ0v) is 11.7. The molecule has 5 atom stereocenters. The summed E-state index contributed by atoms with van der Waals surface area (Å²) in [5.41, 5.74) is 13.8. The van der Waals surface area contributed by atoms with Gasteiger partial charge in [0, 0.05) is 31.9 Å². The number of piperidine rings is 1. The molecule has 2 fully saturated rings. The summed E-state index contributed by atoms with van der Waals surface area (Å²) in [4.78, 5) is 2.36. The van der Waals surface area contributed by atoms with E-state index in [-0.39, 0.29) is 0 Å². The fourth-order valence-corrected chi connectivity index (χ4v) is 3.30. The Bertz CT molecular complexity index is 455. The average molecular weight is 279 g/mol. The van der Waals surface area contributed by atoms with Crippen LogP contribution in [0.3, 0.4) is 0 Å². The van der Waals surface area contributed by atoms with Crippen molar-refractivity contribution in [1.29, 1.82) is 0 Å². The molecule has 1 heterocycles. The predicted octanol–water partition coefficient (Wildman–Crippen LogP) is 1.06. The minimum absolute atomic E-state index is 0.394. The quantitative estimate of drug-likeness (QED) is 0.846. The summed E-state index contributed by atoms with van der Waals surface area (Å²) in [6.45, 7) is 1.50. The number of rotatable bonds is 5. The van der Waals surface area contributed by atoms with E-state index in [4.69, 9.17) is 16.2 Å². The van der Waals surface area contributed by atoms with E-state index in [1.807, 2.05) is 12.1 Å². The number of ether oxygens (including phenoxy) is 1. The third kappa shape index (κ3) is 2.30. The molecule has 1 saturated heterocycles. The normalized spacial score (nSPS) is 31.0. The van der Waals surface area contributed by atoms with Crippen molar-refractivity contribution in [2.45, 2.75) is 18.2 Å². The molecule has 3 rings (SSSR count). The lowest BCUT2D eigenvalue weighted by atomic mass is 10.0. The van der Waals surface area contributed by atoms with Gasteiger partial charge in [-0.1, -0.05) is 12.1 Å². The predicted molar refractivity (Wildman–Crippen MR) is 77.3 cm³/mol. The maximum atomic E-state index is 12.7. The van der Waals surface area contributed by atoms with Crippen LogP contribution in [0.25, 0.3) is 0 Å². The van der Waals surface area contributed by atoms with Gasteiger partial charge in [-0.2, -0.15) is 0 Å². The van der Waals surface area contributed by atoms with E-state index in [2.05, 4.69) is 17.0 Å². The van der Waals surface area contributed by atoms with Gasteiger partial charge in [0.1, 0.15) is 6.67 Å². The first-order chi connectivity index (χ1) is 9.65. The molecular weight excluding hydrogens is 257 g/mol. The lowest BCUT2D eigenvalue weighted by molar-refractivity contribution is 0.0721. The zero-order valence-electron chi connectivity index (χ0n) is 11.7. The molecule has 1 aliphatic carbocycles. The van der Waals surface area contributed by atoms with Gasteiger partial charge < -0.3 is 21.1 Å². The highest BCUT2D eigenvalue weighted by Gasteiger charge is 2.53. The van der Waals surface area contributed by atoms with E-state index in [0.29, 0.717) is 17.9 Å². The average Bonchev–Trinajstić information content (AvgIpc) is 2.91. The summed E-state index contributed by atoms with van der Waals surface area (Å²) in [6.07, 6.45) is -0.394. The summed E-state index contributed by atoms with van der Waals surface area (Å²) >= 11 is 0. The van der Waals surface area contributed by atoms with Gasteiger partial charge in [-0.3, -0.25) is 0 Å². The molecule has 110 valence electrons. The maximum absolute atomic E-state index is 12.7. The Hall–Kier alpha value is -1.17. The van der Waals surface area contributed by atoms with Crippen molar-refractivity contribution >= 4 is 5.69 Å². The van der Waals surface area contributed by atoms with Crippen LogP contribution in [-0.2, 0) is 4.74 Å². The van der Waals surface area contributed by atoms with Gasteiger partial charge in [-0.25, -0.2) is 4.39 Å². The third-order valence-electron chi connectivity index (χ3n) is 4.67. The van der Waals surface area contributed by atoms with Crippen LogP contribution in [0.4, 0.5) is 10.1 Å². The van der Waals surface area contributed by atoms with Crippen LogP contribution < -0.4 is 16.4 Å². The molecule has 0 spiro atoms. The second kappa shape index (κ2) is 5.31. The summed E-state index contributed by atoms with van der Waals surface area (Å²) < 4.78 is 18.0. The van der Waals surface area contributed by atoms with Crippen molar-refractivity contribution in [1.82, 2.24) is 0 Å². The van der Waals surface area contributed by atoms with Crippen LogP contribution >= 0.6 is 0 Å². The van der Waals surface area contributed by atoms with Gasteiger partial charge >= 0.3 is 0 Å². The summed E-state index contributed by atoms with van der Waals surface area (Å²) in [6, 6.07) is 7.85. The van der Waals surface area contributed by atoms with Crippen molar-refractivity contribution in [2.24, 2.45) is 23.3 Å². The molecule has 0 bridgehead atoms. The van der Waals surface area contributed by atoms with Crippen LogP contribution in [-0.4, -0.2) is 39.0 Å². The Labute approximate surface area is 118 Å². The molecule has 0 radical (unpaired) electrons. The van der Waals surface area contributed by atoms with Crippen molar-refractivity contribution < 1.29 is 9.13 Å². The molecule has 5 heteroatoms. The first kappa shape index (κ1) is 13.8. The molecule has 0 unspecified atom stereocenters. The van der Waals surface area contributed by atoms with Crippen LogP contribution in [0.1, 0.15) is 11.7 Å². The first-order valence-electron chi connectivity index (χ1n) is 7.10. The number of nitrogens with two attached hydrogens (primary N) is 2. The summed E-state index contributed by atoms with van der Waals surface area (Å²) in [5.74, 6) is 1.34. The third-order valence-corrected chi connectivity index (χ3v) is 4.67. The second-order valence-electron chi connectivity index (χ2n) is 5.88. The van der Waals surface area contributed by atoms with Crippen LogP contribution in [0.15, 0.2) is 24.3 Å². The zero-order chi connectivity index (χ0) is 14.3. The Balaban J connectivity index is 1.68. The van der Waals surface area contributed by atoms with Crippen molar-refractivity contribution in [2.75, 3.05) is 31.8 Å². The molecule has 20 heavy (non-hydrogen) atoms. The lowest BCUT2D eigenvalue weighted by Crippen LogP contribution is -2.31. The van der Waals surface area contributed by atoms with E-state index in [1.165, 1.54) is 5.69 Å². The van der Waals surface area contributed by atoms with Gasteiger partial charge in [0.05, 0.1) is 12.1 Å². The van der Waals surface area contributed by atoms with E-state index in [0.717, 1.165) is 18.7 Å². The van der Waals surface area contributed by atoms with E-state index < -0.39 is 18.8 Å². The molecule has 2 aliphatic rings. The highest BCUT2D eigenvalue weighted by atomic mass is 19.1. The maximum Gasteiger partial charge on any atom is 0.107 e. The van der Waals surface area contributed by atoms with E-state index in [9.17, 15) is 4.39 Å². The molecule has 0 amide bonds. The number of benzene rings is 1. The molecule has 1 aliphatic heterocycles. The van der Waals surface area contributed by atoms with Crippen molar-refractivity contribution in [3.63, 3.8) is 0 Å². The number of hydrogen-bond acceptors (Lipinski definition) is 4. The van der Waals surface area contributed by atoms with Gasteiger partial charge in [0.2, 0.25) is 0 Å². The molecule has 1 saturated carbocycles. The van der Waals surface area contributed by atoms with Gasteiger partial charge in [0.15, 0.2) is 0 Å². The highest BCUT2D eigenvalue weighted by molar-refractivity contribution is 5.50. The Morgan fingerprint density at radius 3 is 2.40 bits per heavy atom. The van der Waals surface area contributed by atoms with Gasteiger partial charge in [-0.05, 0) is 29.5 Å².